The summed E-state index contributed by atoms with van der Waals surface area (Å²) >= 11 is 5.97. The first-order chi connectivity index (χ1) is 11.9. The third-order valence-electron chi connectivity index (χ3n) is 5.04. The van der Waals surface area contributed by atoms with Crippen LogP contribution in [0.25, 0.3) is 11.1 Å². The van der Waals surface area contributed by atoms with Crippen molar-refractivity contribution in [1.29, 1.82) is 0 Å². The summed E-state index contributed by atoms with van der Waals surface area (Å²) in [5, 5.41) is 0.615. The average molecular weight is 372 g/mol. The van der Waals surface area contributed by atoms with Gasteiger partial charge in [0.25, 0.3) is 0 Å². The van der Waals surface area contributed by atoms with E-state index in [0.29, 0.717) is 9.92 Å². The molecule has 0 atom stereocenters. The molecule has 1 aromatic heterocycles. The van der Waals surface area contributed by atoms with E-state index in [-0.39, 0.29) is 5.41 Å². The maximum Gasteiger partial charge on any atom is 0.175 e. The van der Waals surface area contributed by atoms with E-state index in [2.05, 4.69) is 17.1 Å². The van der Waals surface area contributed by atoms with Gasteiger partial charge >= 0.3 is 0 Å². The number of allylic oxidation sites excluding steroid dienone is 4. The van der Waals surface area contributed by atoms with Crippen molar-refractivity contribution in [3.05, 3.63) is 71.0 Å². The summed E-state index contributed by atoms with van der Waals surface area (Å²) in [5.41, 5.74) is 4.26. The fourth-order valence-corrected chi connectivity index (χ4v) is 4.26. The van der Waals surface area contributed by atoms with Gasteiger partial charge in [0, 0.05) is 23.4 Å². The Hall–Kier alpha value is -1.91. The Bertz CT molecular complexity index is 983. The molecule has 2 aromatic rings. The fraction of sp³-hybridized carbons (Fsp3) is 0.250. The Kier molecular flexibility index (Phi) is 3.85. The maximum atomic E-state index is 11.7. The normalized spacial score (nSPS) is 18.6. The number of rotatable bonds is 3. The van der Waals surface area contributed by atoms with Gasteiger partial charge in [0.15, 0.2) is 9.84 Å². The number of hydrogen-bond acceptors (Lipinski definition) is 3. The van der Waals surface area contributed by atoms with Crippen LogP contribution < -0.4 is 0 Å². The van der Waals surface area contributed by atoms with Gasteiger partial charge in [-0.05, 0) is 48.2 Å². The number of sulfone groups is 1. The van der Waals surface area contributed by atoms with Gasteiger partial charge in [0.2, 0.25) is 0 Å². The van der Waals surface area contributed by atoms with Crippen LogP contribution in [0.15, 0.2) is 59.6 Å². The Morgan fingerprint density at radius 3 is 2.20 bits per heavy atom. The number of pyridine rings is 1. The Labute approximate surface area is 153 Å². The zero-order valence-corrected chi connectivity index (χ0v) is 15.4. The molecule has 4 rings (SSSR count). The monoisotopic (exact) mass is 371 g/mol. The summed E-state index contributed by atoms with van der Waals surface area (Å²) in [7, 11) is -3.19. The van der Waals surface area contributed by atoms with Crippen LogP contribution in [0.5, 0.6) is 0 Å². The van der Waals surface area contributed by atoms with Crippen molar-refractivity contribution >= 4 is 32.6 Å². The molecule has 1 heterocycles. The largest absolute Gasteiger partial charge is 0.255 e. The van der Waals surface area contributed by atoms with E-state index in [4.69, 9.17) is 11.6 Å². The van der Waals surface area contributed by atoms with Gasteiger partial charge in [-0.25, -0.2) is 8.42 Å². The standard InChI is InChI=1S/C20H18ClNO2S/c1-25(23,24)16-6-3-14(4-7-16)17-11-20(9-2-10-20)12-18(17)19-8-5-15(21)13-22-19/h3-8,11-13H,2,9-10H2,1H3. The number of nitrogens with zero attached hydrogens (tertiary/aromatic N) is 1. The third kappa shape index (κ3) is 3.05. The van der Waals surface area contributed by atoms with Crippen LogP contribution in [0.4, 0.5) is 0 Å². The molecule has 0 amide bonds. The van der Waals surface area contributed by atoms with Crippen LogP contribution in [0.1, 0.15) is 30.5 Å². The minimum Gasteiger partial charge on any atom is -0.255 e. The van der Waals surface area contributed by atoms with Crippen LogP contribution in [0, 0.1) is 5.41 Å². The molecule has 5 heteroatoms. The first kappa shape index (κ1) is 16.6. The summed E-state index contributed by atoms with van der Waals surface area (Å²) in [6.07, 6.45) is 11.0. The first-order valence-electron chi connectivity index (χ1n) is 8.25. The summed E-state index contributed by atoms with van der Waals surface area (Å²) < 4.78 is 23.4. The van der Waals surface area contributed by atoms with Gasteiger partial charge in [-0.1, -0.05) is 42.3 Å². The molecule has 0 bridgehead atoms. The van der Waals surface area contributed by atoms with Crippen LogP contribution in [0.2, 0.25) is 5.02 Å². The summed E-state index contributed by atoms with van der Waals surface area (Å²) in [6.45, 7) is 0. The highest BCUT2D eigenvalue weighted by molar-refractivity contribution is 7.90. The number of aromatic nitrogens is 1. The van der Waals surface area contributed by atoms with Crippen molar-refractivity contribution in [1.82, 2.24) is 4.98 Å². The molecule has 1 aromatic carbocycles. The van der Waals surface area contributed by atoms with Crippen LogP contribution in [0.3, 0.4) is 0 Å². The van der Waals surface area contributed by atoms with Crippen molar-refractivity contribution in [2.75, 3.05) is 6.26 Å². The van der Waals surface area contributed by atoms with E-state index in [1.54, 1.807) is 18.3 Å². The van der Waals surface area contributed by atoms with E-state index in [1.165, 1.54) is 12.7 Å². The molecule has 2 aliphatic carbocycles. The van der Waals surface area contributed by atoms with Crippen molar-refractivity contribution in [3.8, 4) is 0 Å². The van der Waals surface area contributed by atoms with Crippen LogP contribution in [-0.4, -0.2) is 19.7 Å². The number of halogens is 1. The molecule has 2 aliphatic rings. The van der Waals surface area contributed by atoms with Gasteiger partial charge in [-0.3, -0.25) is 4.98 Å². The molecule has 3 nitrogen and oxygen atoms in total. The first-order valence-corrected chi connectivity index (χ1v) is 10.5. The zero-order valence-electron chi connectivity index (χ0n) is 13.9. The molecule has 0 saturated heterocycles. The van der Waals surface area contributed by atoms with Gasteiger partial charge < -0.3 is 0 Å². The lowest BCUT2D eigenvalue weighted by atomic mass is 9.70. The van der Waals surface area contributed by atoms with Crippen molar-refractivity contribution in [2.24, 2.45) is 5.41 Å². The second-order valence-corrected chi connectivity index (χ2v) is 9.31. The second-order valence-electron chi connectivity index (χ2n) is 6.86. The number of hydrogen-bond donors (Lipinski definition) is 0. The summed E-state index contributed by atoms with van der Waals surface area (Å²) in [4.78, 5) is 4.82. The van der Waals surface area contributed by atoms with E-state index in [1.807, 2.05) is 24.3 Å². The molecule has 0 radical (unpaired) electrons. The van der Waals surface area contributed by atoms with Crippen molar-refractivity contribution in [3.63, 3.8) is 0 Å². The predicted octanol–water partition coefficient (Wildman–Crippen LogP) is 4.79. The Balaban J connectivity index is 1.77. The lowest BCUT2D eigenvalue weighted by Gasteiger charge is -2.34. The average Bonchev–Trinajstić information content (AvgIpc) is 2.96. The highest BCUT2D eigenvalue weighted by Gasteiger charge is 2.38. The zero-order chi connectivity index (χ0) is 17.7. The van der Waals surface area contributed by atoms with Gasteiger partial charge in [-0.15, -0.1) is 0 Å². The Morgan fingerprint density at radius 2 is 1.68 bits per heavy atom. The lowest BCUT2D eigenvalue weighted by Crippen LogP contribution is -2.22. The molecule has 0 unspecified atom stereocenters. The van der Waals surface area contributed by atoms with Crippen molar-refractivity contribution < 1.29 is 8.42 Å². The lowest BCUT2D eigenvalue weighted by molar-refractivity contribution is 0.282. The molecule has 0 aliphatic heterocycles. The molecule has 128 valence electrons. The molecule has 0 N–H and O–H groups in total. The molecular weight excluding hydrogens is 354 g/mol. The van der Waals surface area contributed by atoms with Crippen LogP contribution >= 0.6 is 11.6 Å². The minimum absolute atomic E-state index is 0.126. The van der Waals surface area contributed by atoms with Gasteiger partial charge in [0.05, 0.1) is 15.6 Å². The van der Waals surface area contributed by atoms with E-state index < -0.39 is 9.84 Å². The molecule has 1 fully saturated rings. The maximum absolute atomic E-state index is 11.7. The highest BCUT2D eigenvalue weighted by Crippen LogP contribution is 2.53. The molecule has 25 heavy (non-hydrogen) atoms. The van der Waals surface area contributed by atoms with Crippen molar-refractivity contribution in [2.45, 2.75) is 24.2 Å². The molecule has 1 saturated carbocycles. The van der Waals surface area contributed by atoms with Gasteiger partial charge in [0.1, 0.15) is 0 Å². The SMILES string of the molecule is CS(=O)(=O)c1ccc(C2=CC3(C=C2c2ccc(Cl)cn2)CCC3)cc1. The highest BCUT2D eigenvalue weighted by atomic mass is 35.5. The van der Waals surface area contributed by atoms with Crippen LogP contribution in [-0.2, 0) is 9.84 Å². The van der Waals surface area contributed by atoms with Gasteiger partial charge in [-0.2, -0.15) is 0 Å². The fourth-order valence-electron chi connectivity index (χ4n) is 3.51. The molecular formula is C20H18ClNO2S. The minimum atomic E-state index is -3.19. The topological polar surface area (TPSA) is 47.0 Å². The molecule has 1 spiro atoms. The number of benzene rings is 1. The predicted molar refractivity (Wildman–Crippen MR) is 101 cm³/mol. The Morgan fingerprint density at radius 1 is 1.00 bits per heavy atom. The summed E-state index contributed by atoms with van der Waals surface area (Å²) in [5.74, 6) is 0. The second kappa shape index (κ2) is 5.82. The van der Waals surface area contributed by atoms with E-state index in [9.17, 15) is 8.42 Å². The third-order valence-corrected chi connectivity index (χ3v) is 6.39. The van der Waals surface area contributed by atoms with E-state index in [0.717, 1.165) is 35.2 Å². The summed E-state index contributed by atoms with van der Waals surface area (Å²) in [6, 6.07) is 10.9. The van der Waals surface area contributed by atoms with E-state index >= 15 is 0 Å². The smallest absolute Gasteiger partial charge is 0.175 e. The quantitative estimate of drug-likeness (QED) is 0.779.